The lowest BCUT2D eigenvalue weighted by atomic mass is 10.0. The van der Waals surface area contributed by atoms with Gasteiger partial charge >= 0.3 is 0 Å². The summed E-state index contributed by atoms with van der Waals surface area (Å²) in [4.78, 5) is 4.66. The molecule has 1 aromatic heterocycles. The maximum Gasteiger partial charge on any atom is 0.106 e. The highest BCUT2D eigenvalue weighted by molar-refractivity contribution is 7.98. The van der Waals surface area contributed by atoms with Crippen LogP contribution < -0.4 is 0 Å². The first kappa shape index (κ1) is 10.1. The summed E-state index contributed by atoms with van der Waals surface area (Å²) in [6.45, 7) is 3.27. The minimum Gasteiger partial charge on any atom is -0.331 e. The average molecular weight is 210 g/mol. The molecule has 0 N–H and O–H groups in total. The van der Waals surface area contributed by atoms with Crippen LogP contribution in [0.15, 0.2) is 0 Å². The molecule has 0 radical (unpaired) electrons. The van der Waals surface area contributed by atoms with Gasteiger partial charge in [0.2, 0.25) is 0 Å². The molecular formula is C11H18N2S. The van der Waals surface area contributed by atoms with Gasteiger partial charge in [0, 0.05) is 18.0 Å². The summed E-state index contributed by atoms with van der Waals surface area (Å²) in [6, 6.07) is 0. The Balaban J connectivity index is 2.24. The van der Waals surface area contributed by atoms with E-state index in [0.29, 0.717) is 0 Å². The Hall–Kier alpha value is -0.440. The normalized spacial score (nSPS) is 15.6. The van der Waals surface area contributed by atoms with Gasteiger partial charge in [-0.2, -0.15) is 11.8 Å². The minimum absolute atomic E-state index is 1.13. The molecule has 0 aliphatic heterocycles. The van der Waals surface area contributed by atoms with Gasteiger partial charge in [-0.25, -0.2) is 4.98 Å². The Morgan fingerprint density at radius 1 is 1.36 bits per heavy atom. The van der Waals surface area contributed by atoms with E-state index in [1.165, 1.54) is 48.6 Å². The van der Waals surface area contributed by atoms with Gasteiger partial charge in [0.25, 0.3) is 0 Å². The van der Waals surface area contributed by atoms with Crippen molar-refractivity contribution in [3.8, 4) is 0 Å². The molecule has 0 aromatic carbocycles. The Bertz CT molecular complexity index is 317. The van der Waals surface area contributed by atoms with E-state index in [-0.39, 0.29) is 0 Å². The molecule has 0 spiro atoms. The van der Waals surface area contributed by atoms with Crippen molar-refractivity contribution < 1.29 is 0 Å². The van der Waals surface area contributed by atoms with Crippen molar-refractivity contribution in [1.29, 1.82) is 0 Å². The maximum absolute atomic E-state index is 4.66. The van der Waals surface area contributed by atoms with E-state index in [2.05, 4.69) is 22.7 Å². The zero-order chi connectivity index (χ0) is 9.97. The lowest BCUT2D eigenvalue weighted by Crippen LogP contribution is -2.10. The summed E-state index contributed by atoms with van der Waals surface area (Å²) in [6.07, 6.45) is 7.27. The van der Waals surface area contributed by atoms with E-state index >= 15 is 0 Å². The van der Waals surface area contributed by atoms with E-state index < -0.39 is 0 Å². The minimum atomic E-state index is 1.13. The zero-order valence-corrected chi connectivity index (χ0v) is 9.86. The van der Waals surface area contributed by atoms with Gasteiger partial charge in [-0.1, -0.05) is 0 Å². The van der Waals surface area contributed by atoms with Crippen molar-refractivity contribution >= 4 is 11.8 Å². The van der Waals surface area contributed by atoms with Gasteiger partial charge < -0.3 is 4.57 Å². The molecule has 78 valence electrons. The molecular weight excluding hydrogens is 192 g/mol. The van der Waals surface area contributed by atoms with Crippen LogP contribution in [0.3, 0.4) is 0 Å². The number of rotatable bonds is 3. The summed E-state index contributed by atoms with van der Waals surface area (Å²) in [5.74, 6) is 2.41. The van der Waals surface area contributed by atoms with E-state index in [9.17, 15) is 0 Å². The van der Waals surface area contributed by atoms with Crippen LogP contribution >= 0.6 is 11.8 Å². The Morgan fingerprint density at radius 3 is 2.93 bits per heavy atom. The standard InChI is InChI=1S/C11H18N2S/c1-9-12-10-5-3-4-6-11(10)13(9)7-8-14-2/h3-8H2,1-2H3. The fraction of sp³-hybridized carbons (Fsp3) is 0.727. The van der Waals surface area contributed by atoms with Gasteiger partial charge in [-0.3, -0.25) is 0 Å². The highest BCUT2D eigenvalue weighted by Crippen LogP contribution is 2.22. The van der Waals surface area contributed by atoms with E-state index in [1.807, 2.05) is 11.8 Å². The van der Waals surface area contributed by atoms with Gasteiger partial charge in [0.05, 0.1) is 5.69 Å². The second-order valence-corrected chi connectivity index (χ2v) is 4.89. The Labute approximate surface area is 90.1 Å². The third-order valence-corrected chi connectivity index (χ3v) is 3.53. The lowest BCUT2D eigenvalue weighted by molar-refractivity contribution is 0.618. The number of fused-ring (bicyclic) bond motifs is 1. The fourth-order valence-corrected chi connectivity index (χ4v) is 2.58. The fourth-order valence-electron chi connectivity index (χ4n) is 2.21. The largest absolute Gasteiger partial charge is 0.331 e. The summed E-state index contributed by atoms with van der Waals surface area (Å²) < 4.78 is 2.42. The topological polar surface area (TPSA) is 17.8 Å². The summed E-state index contributed by atoms with van der Waals surface area (Å²) in [5.41, 5.74) is 2.89. The summed E-state index contributed by atoms with van der Waals surface area (Å²) >= 11 is 1.91. The number of thioether (sulfide) groups is 1. The van der Waals surface area contributed by atoms with Gasteiger partial charge in [0.15, 0.2) is 0 Å². The SMILES string of the molecule is CSCCn1c(C)nc2c1CCCC2. The van der Waals surface area contributed by atoms with Crippen LogP contribution in [0, 0.1) is 6.92 Å². The predicted octanol–water partition coefficient (Wildman–Crippen LogP) is 2.43. The smallest absolute Gasteiger partial charge is 0.106 e. The molecule has 0 fully saturated rings. The first-order valence-corrected chi connectivity index (χ1v) is 6.76. The van der Waals surface area contributed by atoms with E-state index in [4.69, 9.17) is 0 Å². The molecule has 0 amide bonds. The van der Waals surface area contributed by atoms with Crippen molar-refractivity contribution in [2.75, 3.05) is 12.0 Å². The highest BCUT2D eigenvalue weighted by Gasteiger charge is 2.17. The van der Waals surface area contributed by atoms with Crippen molar-refractivity contribution in [3.63, 3.8) is 0 Å². The van der Waals surface area contributed by atoms with Crippen molar-refractivity contribution in [3.05, 3.63) is 17.2 Å². The Kier molecular flexibility index (Phi) is 3.16. The van der Waals surface area contributed by atoms with Crippen LogP contribution in [0.5, 0.6) is 0 Å². The van der Waals surface area contributed by atoms with Crippen LogP contribution in [0.25, 0.3) is 0 Å². The average Bonchev–Trinajstić information content (AvgIpc) is 2.51. The molecule has 2 nitrogen and oxygen atoms in total. The number of hydrogen-bond donors (Lipinski definition) is 0. The molecule has 0 unspecified atom stereocenters. The predicted molar refractivity (Wildman–Crippen MR) is 62.0 cm³/mol. The van der Waals surface area contributed by atoms with Gasteiger partial charge in [-0.15, -0.1) is 0 Å². The molecule has 2 rings (SSSR count). The molecule has 1 aromatic rings. The Morgan fingerprint density at radius 2 is 2.14 bits per heavy atom. The number of hydrogen-bond acceptors (Lipinski definition) is 2. The summed E-state index contributed by atoms with van der Waals surface area (Å²) in [7, 11) is 0. The molecule has 0 saturated carbocycles. The molecule has 0 bridgehead atoms. The third-order valence-electron chi connectivity index (χ3n) is 2.94. The van der Waals surface area contributed by atoms with Crippen LogP contribution in [0.4, 0.5) is 0 Å². The number of imidazole rings is 1. The van der Waals surface area contributed by atoms with Crippen LogP contribution in [-0.2, 0) is 19.4 Å². The van der Waals surface area contributed by atoms with Crippen molar-refractivity contribution in [2.45, 2.75) is 39.2 Å². The summed E-state index contributed by atoms with van der Waals surface area (Å²) in [5, 5.41) is 0. The van der Waals surface area contributed by atoms with Crippen molar-refractivity contribution in [2.24, 2.45) is 0 Å². The van der Waals surface area contributed by atoms with Crippen LogP contribution in [0.2, 0.25) is 0 Å². The van der Waals surface area contributed by atoms with Crippen molar-refractivity contribution in [1.82, 2.24) is 9.55 Å². The number of aryl methyl sites for hydroxylation is 2. The molecule has 1 heterocycles. The number of nitrogens with zero attached hydrogens (tertiary/aromatic N) is 2. The molecule has 1 aliphatic carbocycles. The molecule has 1 aliphatic rings. The lowest BCUT2D eigenvalue weighted by Gasteiger charge is -2.14. The number of aromatic nitrogens is 2. The van der Waals surface area contributed by atoms with Crippen LogP contribution in [0.1, 0.15) is 30.1 Å². The highest BCUT2D eigenvalue weighted by atomic mass is 32.2. The van der Waals surface area contributed by atoms with Crippen LogP contribution in [-0.4, -0.2) is 21.6 Å². The molecule has 0 atom stereocenters. The molecule has 0 saturated heterocycles. The maximum atomic E-state index is 4.66. The monoisotopic (exact) mass is 210 g/mol. The van der Waals surface area contributed by atoms with Gasteiger partial charge in [-0.05, 0) is 38.9 Å². The first-order valence-electron chi connectivity index (χ1n) is 5.36. The zero-order valence-electron chi connectivity index (χ0n) is 9.05. The quantitative estimate of drug-likeness (QED) is 0.762. The van der Waals surface area contributed by atoms with E-state index in [0.717, 1.165) is 6.54 Å². The van der Waals surface area contributed by atoms with Gasteiger partial charge in [0.1, 0.15) is 5.82 Å². The third kappa shape index (κ3) is 1.83. The molecule has 14 heavy (non-hydrogen) atoms. The van der Waals surface area contributed by atoms with E-state index in [1.54, 1.807) is 0 Å². The molecule has 3 heteroatoms. The first-order chi connectivity index (χ1) is 6.83. The second-order valence-electron chi connectivity index (χ2n) is 3.90. The second kappa shape index (κ2) is 4.39.